The van der Waals surface area contributed by atoms with Crippen molar-refractivity contribution in [2.24, 2.45) is 0 Å². The number of methoxy groups -OCH3 is 2. The van der Waals surface area contributed by atoms with Gasteiger partial charge in [0.1, 0.15) is 0 Å². The van der Waals surface area contributed by atoms with Crippen LogP contribution in [0.5, 0.6) is 11.5 Å². The molecule has 0 fully saturated rings. The number of carbonyl (C=O) groups is 2. The summed E-state index contributed by atoms with van der Waals surface area (Å²) in [5, 5.41) is 0. The zero-order valence-electron chi connectivity index (χ0n) is 16.8. The van der Waals surface area contributed by atoms with Crippen LogP contribution in [0.15, 0.2) is 48.5 Å². The molecule has 0 N–H and O–H groups in total. The molecule has 0 saturated heterocycles. The van der Waals surface area contributed by atoms with Crippen LogP contribution in [-0.2, 0) is 20.7 Å². The Morgan fingerprint density at radius 1 is 0.964 bits per heavy atom. The first kappa shape index (κ1) is 21.3. The molecule has 0 bridgehead atoms. The van der Waals surface area contributed by atoms with E-state index in [4.69, 9.17) is 14.2 Å². The Labute approximate surface area is 166 Å². The van der Waals surface area contributed by atoms with Crippen molar-refractivity contribution in [3.63, 3.8) is 0 Å². The summed E-state index contributed by atoms with van der Waals surface area (Å²) < 4.78 is 15.8. The van der Waals surface area contributed by atoms with E-state index < -0.39 is 5.97 Å². The van der Waals surface area contributed by atoms with Crippen LogP contribution < -0.4 is 14.4 Å². The first-order valence-electron chi connectivity index (χ1n) is 9.20. The normalized spacial score (nSPS) is 10.5. The first-order chi connectivity index (χ1) is 13.5. The van der Waals surface area contributed by atoms with Gasteiger partial charge in [0.25, 0.3) is 5.91 Å². The van der Waals surface area contributed by atoms with Gasteiger partial charge < -0.3 is 19.1 Å². The van der Waals surface area contributed by atoms with E-state index in [1.165, 1.54) is 0 Å². The van der Waals surface area contributed by atoms with Crippen LogP contribution in [0.4, 0.5) is 5.69 Å². The van der Waals surface area contributed by atoms with Gasteiger partial charge >= 0.3 is 5.97 Å². The van der Waals surface area contributed by atoms with E-state index in [-0.39, 0.29) is 25.0 Å². The summed E-state index contributed by atoms with van der Waals surface area (Å²) in [4.78, 5) is 26.3. The number of esters is 1. The molecule has 0 aromatic heterocycles. The fourth-order valence-corrected chi connectivity index (χ4v) is 2.99. The lowest BCUT2D eigenvalue weighted by molar-refractivity contribution is -0.147. The molecule has 0 heterocycles. The standard InChI is InChI=1S/C22H27NO5/c1-16(2)23(18-10-6-5-7-11-18)20(24)15-28-21(25)14-13-17-9-8-12-19(26-3)22(17)27-4/h5-12,16H,13-15H2,1-4H3. The van der Waals surface area contributed by atoms with Crippen LogP contribution in [0.3, 0.4) is 0 Å². The highest BCUT2D eigenvalue weighted by molar-refractivity contribution is 5.95. The topological polar surface area (TPSA) is 65.1 Å². The number of para-hydroxylation sites is 2. The third-order valence-electron chi connectivity index (χ3n) is 4.26. The quantitative estimate of drug-likeness (QED) is 0.617. The maximum absolute atomic E-state index is 12.6. The van der Waals surface area contributed by atoms with Crippen LogP contribution >= 0.6 is 0 Å². The molecular formula is C22H27NO5. The summed E-state index contributed by atoms with van der Waals surface area (Å²) in [6.45, 7) is 3.55. The second kappa shape index (κ2) is 10.3. The average molecular weight is 385 g/mol. The molecule has 0 aliphatic heterocycles. The zero-order chi connectivity index (χ0) is 20.5. The van der Waals surface area contributed by atoms with Gasteiger partial charge in [0.15, 0.2) is 18.1 Å². The minimum absolute atomic E-state index is 0.0466. The predicted molar refractivity (Wildman–Crippen MR) is 108 cm³/mol. The number of ether oxygens (including phenoxy) is 3. The first-order valence-corrected chi connectivity index (χ1v) is 9.20. The number of benzene rings is 2. The fraction of sp³-hybridized carbons (Fsp3) is 0.364. The number of nitrogens with zero attached hydrogens (tertiary/aromatic N) is 1. The summed E-state index contributed by atoms with van der Waals surface area (Å²) in [6, 6.07) is 14.8. The van der Waals surface area contributed by atoms with Gasteiger partial charge in [0.2, 0.25) is 0 Å². The maximum Gasteiger partial charge on any atom is 0.306 e. The number of amides is 1. The molecule has 6 nitrogen and oxygen atoms in total. The maximum atomic E-state index is 12.6. The van der Waals surface area contributed by atoms with Crippen molar-refractivity contribution in [3.05, 3.63) is 54.1 Å². The van der Waals surface area contributed by atoms with Gasteiger partial charge in [0.05, 0.1) is 14.2 Å². The summed E-state index contributed by atoms with van der Waals surface area (Å²) in [5.41, 5.74) is 1.62. The summed E-state index contributed by atoms with van der Waals surface area (Å²) in [5.74, 6) is 0.520. The van der Waals surface area contributed by atoms with Gasteiger partial charge in [-0.3, -0.25) is 9.59 Å². The summed E-state index contributed by atoms with van der Waals surface area (Å²) in [7, 11) is 3.12. The molecule has 0 saturated carbocycles. The molecule has 0 atom stereocenters. The molecule has 1 amide bonds. The van der Waals surface area contributed by atoms with Crippen LogP contribution in [0.1, 0.15) is 25.8 Å². The molecule has 2 aromatic carbocycles. The molecular weight excluding hydrogens is 358 g/mol. The Bertz CT molecular complexity index is 789. The summed E-state index contributed by atoms with van der Waals surface area (Å²) >= 11 is 0. The molecule has 0 unspecified atom stereocenters. The van der Waals surface area contributed by atoms with Crippen LogP contribution in [-0.4, -0.2) is 38.7 Å². The van der Waals surface area contributed by atoms with Crippen LogP contribution in [0.2, 0.25) is 0 Å². The number of aryl methyl sites for hydroxylation is 1. The van der Waals surface area contributed by atoms with Gasteiger partial charge in [-0.05, 0) is 44.0 Å². The van der Waals surface area contributed by atoms with Crippen molar-refractivity contribution in [2.75, 3.05) is 25.7 Å². The van der Waals surface area contributed by atoms with E-state index in [1.807, 2.05) is 56.3 Å². The zero-order valence-corrected chi connectivity index (χ0v) is 16.8. The van der Waals surface area contributed by atoms with E-state index in [9.17, 15) is 9.59 Å². The predicted octanol–water partition coefficient (Wildman–Crippen LogP) is 3.62. The molecule has 0 spiro atoms. The third kappa shape index (κ3) is 5.49. The van der Waals surface area contributed by atoms with Crippen molar-refractivity contribution in [3.8, 4) is 11.5 Å². The van der Waals surface area contributed by atoms with Gasteiger partial charge in [-0.2, -0.15) is 0 Å². The SMILES string of the molecule is COc1cccc(CCC(=O)OCC(=O)N(c2ccccc2)C(C)C)c1OC. The van der Waals surface area contributed by atoms with Crippen molar-refractivity contribution >= 4 is 17.6 Å². The Morgan fingerprint density at radius 3 is 2.29 bits per heavy atom. The van der Waals surface area contributed by atoms with Crippen molar-refractivity contribution < 1.29 is 23.8 Å². The third-order valence-corrected chi connectivity index (χ3v) is 4.26. The Morgan fingerprint density at radius 2 is 1.68 bits per heavy atom. The summed E-state index contributed by atoms with van der Waals surface area (Å²) in [6.07, 6.45) is 0.573. The second-order valence-electron chi connectivity index (χ2n) is 6.51. The van der Waals surface area contributed by atoms with E-state index in [2.05, 4.69) is 0 Å². The lowest BCUT2D eigenvalue weighted by Crippen LogP contribution is -2.39. The smallest absolute Gasteiger partial charge is 0.306 e. The van der Waals surface area contributed by atoms with Gasteiger partial charge in [-0.15, -0.1) is 0 Å². The molecule has 0 aliphatic rings. The highest BCUT2D eigenvalue weighted by Gasteiger charge is 2.20. The fourth-order valence-electron chi connectivity index (χ4n) is 2.99. The number of rotatable bonds is 9. The van der Waals surface area contributed by atoms with E-state index >= 15 is 0 Å². The lowest BCUT2D eigenvalue weighted by atomic mass is 10.1. The monoisotopic (exact) mass is 385 g/mol. The molecule has 0 aliphatic carbocycles. The Hall–Kier alpha value is -3.02. The highest BCUT2D eigenvalue weighted by atomic mass is 16.5. The number of hydrogen-bond acceptors (Lipinski definition) is 5. The van der Waals surface area contributed by atoms with Gasteiger partial charge in [-0.1, -0.05) is 30.3 Å². The molecule has 150 valence electrons. The highest BCUT2D eigenvalue weighted by Crippen LogP contribution is 2.31. The van der Waals surface area contributed by atoms with Crippen molar-refractivity contribution in [1.29, 1.82) is 0 Å². The molecule has 0 radical (unpaired) electrons. The van der Waals surface area contributed by atoms with Gasteiger partial charge in [0, 0.05) is 18.2 Å². The van der Waals surface area contributed by atoms with Crippen molar-refractivity contribution in [1.82, 2.24) is 0 Å². The molecule has 2 rings (SSSR count). The van der Waals surface area contributed by atoms with E-state index in [0.29, 0.717) is 17.9 Å². The van der Waals surface area contributed by atoms with Crippen molar-refractivity contribution in [2.45, 2.75) is 32.7 Å². The minimum atomic E-state index is -0.435. The van der Waals surface area contributed by atoms with Crippen LogP contribution in [0.25, 0.3) is 0 Å². The number of hydrogen-bond donors (Lipinski definition) is 0. The largest absolute Gasteiger partial charge is 0.493 e. The minimum Gasteiger partial charge on any atom is -0.493 e. The lowest BCUT2D eigenvalue weighted by Gasteiger charge is -2.26. The second-order valence-corrected chi connectivity index (χ2v) is 6.51. The van der Waals surface area contributed by atoms with E-state index in [0.717, 1.165) is 11.3 Å². The number of anilines is 1. The molecule has 6 heteroatoms. The Kier molecular flexibility index (Phi) is 7.87. The Balaban J connectivity index is 1.92. The molecule has 2 aromatic rings. The van der Waals surface area contributed by atoms with Crippen LogP contribution in [0, 0.1) is 0 Å². The number of carbonyl (C=O) groups excluding carboxylic acids is 2. The molecule has 28 heavy (non-hydrogen) atoms. The van der Waals surface area contributed by atoms with Gasteiger partial charge in [-0.25, -0.2) is 0 Å². The average Bonchev–Trinajstić information content (AvgIpc) is 2.70. The van der Waals surface area contributed by atoms with E-state index in [1.54, 1.807) is 25.2 Å².